The molecule has 36 heavy (non-hydrogen) atoms. The number of hydrogen-bond acceptors (Lipinski definition) is 8. The number of sulfonamides is 1. The number of anilines is 2. The Balaban J connectivity index is 1.46. The van der Waals surface area contributed by atoms with Crippen LogP contribution in [-0.2, 0) is 25.3 Å². The van der Waals surface area contributed by atoms with Gasteiger partial charge in [-0.2, -0.15) is 4.31 Å². The van der Waals surface area contributed by atoms with Crippen molar-refractivity contribution in [3.05, 3.63) is 59.1 Å². The molecule has 1 amide bonds. The summed E-state index contributed by atoms with van der Waals surface area (Å²) in [6.07, 6.45) is 0.442. The SMILES string of the molecule is CCC(C(=O)Nc1ccc(S(=O)(=O)N2CCOCC2)cc1)n1c(N)nnc1SCc1ccccc1Cl. The number of rotatable bonds is 9. The van der Waals surface area contributed by atoms with E-state index in [0.29, 0.717) is 54.3 Å². The average Bonchev–Trinajstić information content (AvgIpc) is 3.25. The highest BCUT2D eigenvalue weighted by Gasteiger charge is 2.27. The quantitative estimate of drug-likeness (QED) is 0.387. The average molecular weight is 551 g/mol. The van der Waals surface area contributed by atoms with E-state index in [2.05, 4.69) is 15.5 Å². The molecule has 13 heteroatoms. The predicted molar refractivity (Wildman–Crippen MR) is 139 cm³/mol. The smallest absolute Gasteiger partial charge is 0.247 e. The monoisotopic (exact) mass is 550 g/mol. The van der Waals surface area contributed by atoms with Crippen molar-refractivity contribution in [3.63, 3.8) is 0 Å². The summed E-state index contributed by atoms with van der Waals surface area (Å²) >= 11 is 7.64. The summed E-state index contributed by atoms with van der Waals surface area (Å²) in [7, 11) is -3.62. The molecule has 192 valence electrons. The molecule has 0 bridgehead atoms. The maximum absolute atomic E-state index is 13.2. The molecular weight excluding hydrogens is 524 g/mol. The minimum atomic E-state index is -3.62. The summed E-state index contributed by atoms with van der Waals surface area (Å²) in [4.78, 5) is 13.4. The number of amides is 1. The summed E-state index contributed by atoms with van der Waals surface area (Å²) in [6, 6.07) is 13.0. The van der Waals surface area contributed by atoms with Crippen molar-refractivity contribution in [2.75, 3.05) is 37.4 Å². The molecule has 2 aromatic carbocycles. The molecule has 3 aromatic rings. The van der Waals surface area contributed by atoms with Crippen LogP contribution in [-0.4, -0.2) is 59.7 Å². The van der Waals surface area contributed by atoms with Crippen LogP contribution < -0.4 is 11.1 Å². The van der Waals surface area contributed by atoms with Crippen LogP contribution in [0.3, 0.4) is 0 Å². The molecule has 1 aliphatic heterocycles. The van der Waals surface area contributed by atoms with Crippen molar-refractivity contribution >= 4 is 50.9 Å². The number of nitrogens with zero attached hydrogens (tertiary/aromatic N) is 4. The minimum absolute atomic E-state index is 0.130. The van der Waals surface area contributed by atoms with E-state index in [9.17, 15) is 13.2 Å². The molecule has 1 atom stereocenters. The molecule has 0 saturated carbocycles. The third-order valence-corrected chi connectivity index (χ3v) is 9.01. The van der Waals surface area contributed by atoms with Crippen LogP contribution >= 0.6 is 23.4 Å². The number of nitrogens with two attached hydrogens (primary N) is 1. The fourth-order valence-corrected chi connectivity index (χ4v) is 6.48. The number of carbonyl (C=O) groups is 1. The molecule has 3 N–H and O–H groups in total. The van der Waals surface area contributed by atoms with Crippen LogP contribution in [0.5, 0.6) is 0 Å². The molecule has 1 aromatic heterocycles. The second-order valence-corrected chi connectivity index (χ2v) is 11.3. The van der Waals surface area contributed by atoms with E-state index in [4.69, 9.17) is 22.1 Å². The highest BCUT2D eigenvalue weighted by molar-refractivity contribution is 7.98. The van der Waals surface area contributed by atoms with Crippen LogP contribution in [0.2, 0.25) is 5.02 Å². The molecule has 1 saturated heterocycles. The molecule has 0 spiro atoms. The van der Waals surface area contributed by atoms with Gasteiger partial charge in [-0.3, -0.25) is 9.36 Å². The zero-order valence-corrected chi connectivity index (χ0v) is 22.0. The number of morpholine rings is 1. The molecule has 0 radical (unpaired) electrons. The number of hydrogen-bond donors (Lipinski definition) is 2. The van der Waals surface area contributed by atoms with E-state index >= 15 is 0 Å². The molecule has 2 heterocycles. The fraction of sp³-hybridized carbons (Fsp3) is 0.348. The van der Waals surface area contributed by atoms with Gasteiger partial charge in [-0.25, -0.2) is 8.42 Å². The number of benzene rings is 2. The minimum Gasteiger partial charge on any atom is -0.379 e. The Kier molecular flexibility index (Phi) is 8.52. The molecule has 10 nitrogen and oxygen atoms in total. The van der Waals surface area contributed by atoms with Crippen molar-refractivity contribution in [2.45, 2.75) is 35.2 Å². The molecule has 1 aliphatic rings. The van der Waals surface area contributed by atoms with E-state index < -0.39 is 16.1 Å². The van der Waals surface area contributed by atoms with Gasteiger partial charge < -0.3 is 15.8 Å². The normalized spacial score (nSPS) is 15.5. The van der Waals surface area contributed by atoms with Gasteiger partial charge in [-0.05, 0) is 42.3 Å². The number of nitrogen functional groups attached to an aromatic ring is 1. The van der Waals surface area contributed by atoms with Gasteiger partial charge in [0, 0.05) is 29.6 Å². The van der Waals surface area contributed by atoms with Crippen molar-refractivity contribution in [1.29, 1.82) is 0 Å². The summed E-state index contributed by atoms with van der Waals surface area (Å²) in [5.41, 5.74) is 7.48. The van der Waals surface area contributed by atoms with Crippen LogP contribution in [0.25, 0.3) is 0 Å². The van der Waals surface area contributed by atoms with Crippen molar-refractivity contribution in [1.82, 2.24) is 19.1 Å². The molecule has 1 fully saturated rings. The summed E-state index contributed by atoms with van der Waals surface area (Å²) in [6.45, 7) is 3.24. The Morgan fingerprint density at radius 1 is 1.17 bits per heavy atom. The Labute approximate surface area is 219 Å². The Bertz CT molecular complexity index is 1310. The number of thioether (sulfide) groups is 1. The first-order valence-electron chi connectivity index (χ1n) is 11.4. The second kappa shape index (κ2) is 11.6. The van der Waals surface area contributed by atoms with Crippen LogP contribution in [0.15, 0.2) is 58.6 Å². The first-order valence-corrected chi connectivity index (χ1v) is 14.2. The van der Waals surface area contributed by atoms with E-state index in [-0.39, 0.29) is 16.8 Å². The summed E-state index contributed by atoms with van der Waals surface area (Å²) in [5, 5.41) is 12.1. The van der Waals surface area contributed by atoms with E-state index in [1.165, 1.54) is 28.2 Å². The highest BCUT2D eigenvalue weighted by atomic mass is 35.5. The van der Waals surface area contributed by atoms with E-state index in [1.807, 2.05) is 31.2 Å². The maximum Gasteiger partial charge on any atom is 0.247 e. The topological polar surface area (TPSA) is 132 Å². The summed E-state index contributed by atoms with van der Waals surface area (Å²) in [5.74, 6) is 0.354. The van der Waals surface area contributed by atoms with Crippen molar-refractivity contribution in [3.8, 4) is 0 Å². The fourth-order valence-electron chi connectivity index (χ4n) is 3.79. The van der Waals surface area contributed by atoms with Gasteiger partial charge in [0.25, 0.3) is 0 Å². The van der Waals surface area contributed by atoms with Gasteiger partial charge in [0.15, 0.2) is 5.16 Å². The molecular formula is C23H27ClN6O4S2. The third-order valence-electron chi connectivity index (χ3n) is 5.74. The number of halogens is 1. The van der Waals surface area contributed by atoms with Gasteiger partial charge in [-0.15, -0.1) is 10.2 Å². The number of nitrogens with one attached hydrogen (secondary N) is 1. The molecule has 0 aliphatic carbocycles. The van der Waals surface area contributed by atoms with Crippen molar-refractivity contribution in [2.24, 2.45) is 0 Å². The first kappa shape index (κ1) is 26.4. The number of carbonyl (C=O) groups excluding carboxylic acids is 1. The second-order valence-electron chi connectivity index (χ2n) is 8.04. The van der Waals surface area contributed by atoms with Gasteiger partial charge in [0.05, 0.1) is 18.1 Å². The Morgan fingerprint density at radius 3 is 2.53 bits per heavy atom. The van der Waals surface area contributed by atoms with Crippen molar-refractivity contribution < 1.29 is 17.9 Å². The molecule has 4 rings (SSSR count). The lowest BCUT2D eigenvalue weighted by molar-refractivity contribution is -0.119. The Morgan fingerprint density at radius 2 is 1.86 bits per heavy atom. The van der Waals surface area contributed by atoms with Gasteiger partial charge in [-0.1, -0.05) is 48.5 Å². The van der Waals surface area contributed by atoms with E-state index in [1.54, 1.807) is 16.7 Å². The first-order chi connectivity index (χ1) is 17.3. The van der Waals surface area contributed by atoms with Crippen LogP contribution in [0.1, 0.15) is 24.9 Å². The Hall–Kier alpha value is -2.64. The zero-order valence-electron chi connectivity index (χ0n) is 19.6. The third kappa shape index (κ3) is 5.84. The standard InChI is InChI=1S/C23H27ClN6O4S2/c1-2-20(30-22(25)27-28-23(30)35-15-16-5-3-4-6-19(16)24)21(31)26-17-7-9-18(10-8-17)36(32,33)29-11-13-34-14-12-29/h3-10,20H,2,11-15H2,1H3,(H2,25,27)(H,26,31). The zero-order chi connectivity index (χ0) is 25.7. The lowest BCUT2D eigenvalue weighted by Gasteiger charge is -2.26. The van der Waals surface area contributed by atoms with Gasteiger partial charge >= 0.3 is 0 Å². The summed E-state index contributed by atoms with van der Waals surface area (Å²) < 4.78 is 33.9. The predicted octanol–water partition coefficient (Wildman–Crippen LogP) is 3.42. The highest BCUT2D eigenvalue weighted by Crippen LogP contribution is 2.30. The number of aromatic nitrogens is 3. The van der Waals surface area contributed by atoms with Gasteiger partial charge in [0.1, 0.15) is 6.04 Å². The molecule has 1 unspecified atom stereocenters. The lowest BCUT2D eigenvalue weighted by Crippen LogP contribution is -2.40. The van der Waals surface area contributed by atoms with Crippen LogP contribution in [0, 0.1) is 0 Å². The largest absolute Gasteiger partial charge is 0.379 e. The number of ether oxygens (including phenoxy) is 1. The maximum atomic E-state index is 13.2. The van der Waals surface area contributed by atoms with Gasteiger partial charge in [0.2, 0.25) is 21.9 Å². The van der Waals surface area contributed by atoms with Crippen LogP contribution in [0.4, 0.5) is 11.6 Å². The lowest BCUT2D eigenvalue weighted by atomic mass is 10.2. The van der Waals surface area contributed by atoms with E-state index in [0.717, 1.165) is 5.56 Å².